The smallest absolute Gasteiger partial charge is 0.234 e. The van der Waals surface area contributed by atoms with Crippen LogP contribution in [0.5, 0.6) is 0 Å². The average Bonchev–Trinajstić information content (AvgIpc) is 3.32. The van der Waals surface area contributed by atoms with E-state index in [9.17, 15) is 13.6 Å². The lowest BCUT2D eigenvalue weighted by Gasteiger charge is -2.37. The molecule has 4 rings (SSSR count). The van der Waals surface area contributed by atoms with E-state index in [4.69, 9.17) is 4.42 Å². The predicted octanol–water partition coefficient (Wildman–Crippen LogP) is 3.08. The third-order valence-electron chi connectivity index (χ3n) is 4.78. The Labute approximate surface area is 155 Å². The maximum absolute atomic E-state index is 14.5. The number of carbonyl (C=O) groups excluding carboxylic acids is 1. The van der Waals surface area contributed by atoms with Crippen molar-refractivity contribution in [3.63, 3.8) is 0 Å². The minimum atomic E-state index is -0.620. The molecule has 0 saturated heterocycles. The van der Waals surface area contributed by atoms with Crippen molar-refractivity contribution < 1.29 is 18.0 Å². The summed E-state index contributed by atoms with van der Waals surface area (Å²) in [4.78, 5) is 14.3. The summed E-state index contributed by atoms with van der Waals surface area (Å²) in [6, 6.07) is 10.5. The normalized spacial score (nSPS) is 16.9. The number of furan rings is 1. The molecular formula is C20H19F2N3O2. The van der Waals surface area contributed by atoms with Gasteiger partial charge in [0, 0.05) is 36.6 Å². The zero-order valence-corrected chi connectivity index (χ0v) is 14.6. The number of hydrogen-bond donors (Lipinski definition) is 1. The predicted molar refractivity (Wildman–Crippen MR) is 94.8 cm³/mol. The molecule has 27 heavy (non-hydrogen) atoms. The van der Waals surface area contributed by atoms with Crippen LogP contribution in [-0.2, 0) is 17.9 Å². The number of fused-ring (bicyclic) bond motifs is 1. The second-order valence-electron chi connectivity index (χ2n) is 6.52. The van der Waals surface area contributed by atoms with Gasteiger partial charge in [-0.05, 0) is 30.3 Å². The molecule has 0 saturated carbocycles. The lowest BCUT2D eigenvalue weighted by molar-refractivity contribution is -0.123. The van der Waals surface area contributed by atoms with Crippen molar-refractivity contribution >= 4 is 5.91 Å². The minimum Gasteiger partial charge on any atom is -0.467 e. The van der Waals surface area contributed by atoms with E-state index in [1.54, 1.807) is 18.4 Å². The maximum Gasteiger partial charge on any atom is 0.234 e. The monoisotopic (exact) mass is 371 g/mol. The van der Waals surface area contributed by atoms with Crippen LogP contribution in [0.3, 0.4) is 0 Å². The Balaban J connectivity index is 1.56. The number of halogens is 2. The van der Waals surface area contributed by atoms with Gasteiger partial charge in [-0.15, -0.1) is 0 Å². The molecule has 1 amide bonds. The fraction of sp³-hybridized carbons (Fsp3) is 0.250. The van der Waals surface area contributed by atoms with Crippen molar-refractivity contribution in [2.24, 2.45) is 0 Å². The molecule has 0 aliphatic carbocycles. The lowest BCUT2D eigenvalue weighted by atomic mass is 9.99. The Bertz CT molecular complexity index is 937. The summed E-state index contributed by atoms with van der Waals surface area (Å²) in [5.74, 6) is -0.753. The van der Waals surface area contributed by atoms with Crippen LogP contribution in [0, 0.1) is 11.6 Å². The third kappa shape index (κ3) is 3.64. The first-order valence-electron chi connectivity index (χ1n) is 8.75. The summed E-state index contributed by atoms with van der Waals surface area (Å²) in [7, 11) is 0. The minimum absolute atomic E-state index is 0.105. The van der Waals surface area contributed by atoms with Crippen molar-refractivity contribution in [3.05, 3.63) is 83.6 Å². The molecule has 140 valence electrons. The van der Waals surface area contributed by atoms with Crippen LogP contribution < -0.4 is 5.32 Å². The number of nitrogens with zero attached hydrogens (tertiary/aromatic N) is 2. The lowest BCUT2D eigenvalue weighted by Crippen LogP contribution is -2.44. The van der Waals surface area contributed by atoms with Crippen LogP contribution in [0.4, 0.5) is 8.78 Å². The number of carbonyl (C=O) groups is 1. The van der Waals surface area contributed by atoms with Gasteiger partial charge in [-0.2, -0.15) is 0 Å². The Kier molecular flexibility index (Phi) is 4.77. The van der Waals surface area contributed by atoms with E-state index in [1.807, 2.05) is 27.8 Å². The van der Waals surface area contributed by atoms with Gasteiger partial charge in [0.1, 0.15) is 17.4 Å². The Morgan fingerprint density at radius 1 is 1.19 bits per heavy atom. The molecule has 1 atom stereocenters. The number of amides is 1. The van der Waals surface area contributed by atoms with Crippen LogP contribution in [0.15, 0.2) is 59.3 Å². The molecule has 1 N–H and O–H groups in total. The average molecular weight is 371 g/mol. The molecule has 5 nitrogen and oxygen atoms in total. The molecule has 0 fully saturated rings. The van der Waals surface area contributed by atoms with Gasteiger partial charge in [-0.1, -0.05) is 6.07 Å². The van der Waals surface area contributed by atoms with E-state index < -0.39 is 17.7 Å². The fourth-order valence-electron chi connectivity index (χ4n) is 3.52. The van der Waals surface area contributed by atoms with Crippen molar-refractivity contribution in [1.82, 2.24) is 14.8 Å². The molecule has 1 aromatic carbocycles. The van der Waals surface area contributed by atoms with Crippen molar-refractivity contribution in [2.75, 3.05) is 13.1 Å². The van der Waals surface area contributed by atoms with Gasteiger partial charge in [0.25, 0.3) is 0 Å². The van der Waals surface area contributed by atoms with Crippen molar-refractivity contribution in [2.45, 2.75) is 19.1 Å². The molecule has 1 aliphatic heterocycles. The highest BCUT2D eigenvalue weighted by molar-refractivity contribution is 5.78. The Morgan fingerprint density at radius 3 is 2.85 bits per heavy atom. The van der Waals surface area contributed by atoms with Gasteiger partial charge < -0.3 is 14.3 Å². The van der Waals surface area contributed by atoms with Crippen LogP contribution >= 0.6 is 0 Å². The number of rotatable bonds is 5. The summed E-state index contributed by atoms with van der Waals surface area (Å²) in [5, 5.41) is 2.81. The second kappa shape index (κ2) is 7.36. The first-order chi connectivity index (χ1) is 13.1. The van der Waals surface area contributed by atoms with Crippen LogP contribution in [0.2, 0.25) is 0 Å². The van der Waals surface area contributed by atoms with Gasteiger partial charge in [-0.3, -0.25) is 9.69 Å². The summed E-state index contributed by atoms with van der Waals surface area (Å²) in [5.41, 5.74) is 1.24. The first kappa shape index (κ1) is 17.5. The molecule has 1 aliphatic rings. The quantitative estimate of drug-likeness (QED) is 0.750. The van der Waals surface area contributed by atoms with Crippen molar-refractivity contribution in [3.8, 4) is 0 Å². The molecule has 2 aromatic heterocycles. The van der Waals surface area contributed by atoms with Gasteiger partial charge >= 0.3 is 0 Å². The van der Waals surface area contributed by atoms with E-state index in [-0.39, 0.29) is 12.5 Å². The van der Waals surface area contributed by atoms with E-state index in [0.29, 0.717) is 31.0 Å². The van der Waals surface area contributed by atoms with E-state index >= 15 is 0 Å². The number of aromatic nitrogens is 1. The summed E-state index contributed by atoms with van der Waals surface area (Å²) in [6.45, 7) is 1.68. The fourth-order valence-corrected chi connectivity index (χ4v) is 3.52. The number of hydrogen-bond acceptors (Lipinski definition) is 3. The Morgan fingerprint density at radius 2 is 2.07 bits per heavy atom. The Hall–Kier alpha value is -2.93. The van der Waals surface area contributed by atoms with Crippen LogP contribution in [0.1, 0.15) is 23.1 Å². The van der Waals surface area contributed by atoms with Gasteiger partial charge in [0.15, 0.2) is 0 Å². The van der Waals surface area contributed by atoms with Gasteiger partial charge in [-0.25, -0.2) is 8.78 Å². The van der Waals surface area contributed by atoms with Crippen molar-refractivity contribution in [1.29, 1.82) is 0 Å². The zero-order valence-electron chi connectivity index (χ0n) is 14.6. The second-order valence-corrected chi connectivity index (χ2v) is 6.52. The summed E-state index contributed by atoms with van der Waals surface area (Å²) in [6.07, 6.45) is 3.48. The standard InChI is InChI=1S/C20H19F2N3O2/c21-14-5-6-16(17(22)11-14)20-18-4-1-7-24(18)8-9-25(20)13-19(26)23-12-15-3-2-10-27-15/h1-7,10-11,20H,8-9,12-13H2,(H,23,26). The zero-order chi connectivity index (χ0) is 18.8. The van der Waals surface area contributed by atoms with Gasteiger partial charge in [0.05, 0.1) is 25.4 Å². The number of benzene rings is 1. The van der Waals surface area contributed by atoms with E-state index in [1.165, 1.54) is 12.1 Å². The highest BCUT2D eigenvalue weighted by atomic mass is 19.1. The molecule has 0 bridgehead atoms. The van der Waals surface area contributed by atoms with Crippen LogP contribution in [-0.4, -0.2) is 28.5 Å². The number of nitrogens with one attached hydrogen (secondary N) is 1. The molecule has 0 spiro atoms. The molecule has 1 unspecified atom stereocenters. The topological polar surface area (TPSA) is 50.4 Å². The molecule has 7 heteroatoms. The molecular weight excluding hydrogens is 352 g/mol. The third-order valence-corrected chi connectivity index (χ3v) is 4.78. The maximum atomic E-state index is 14.5. The van der Waals surface area contributed by atoms with Gasteiger partial charge in [0.2, 0.25) is 5.91 Å². The largest absolute Gasteiger partial charge is 0.467 e. The van der Waals surface area contributed by atoms with Crippen LogP contribution in [0.25, 0.3) is 0 Å². The molecule has 3 aromatic rings. The molecule has 3 heterocycles. The highest BCUT2D eigenvalue weighted by Crippen LogP contribution is 2.33. The summed E-state index contributed by atoms with van der Waals surface area (Å²) < 4.78 is 35.1. The van der Waals surface area contributed by atoms with E-state index in [2.05, 4.69) is 5.32 Å². The molecule has 0 radical (unpaired) electrons. The first-order valence-corrected chi connectivity index (χ1v) is 8.75. The highest BCUT2D eigenvalue weighted by Gasteiger charge is 2.32. The summed E-state index contributed by atoms with van der Waals surface area (Å²) >= 11 is 0. The SMILES string of the molecule is O=C(CN1CCn2cccc2C1c1ccc(F)cc1F)NCc1ccco1. The van der Waals surface area contributed by atoms with E-state index in [0.717, 1.165) is 11.8 Å².